The molecule has 0 amide bonds. The van der Waals surface area contributed by atoms with Crippen molar-refractivity contribution >= 4 is 0 Å². The minimum Gasteiger partial charge on any atom is -0.313 e. The summed E-state index contributed by atoms with van der Waals surface area (Å²) in [6.07, 6.45) is 6.19. The molecule has 0 radical (unpaired) electrons. The summed E-state index contributed by atoms with van der Waals surface area (Å²) in [6, 6.07) is 3.73. The van der Waals surface area contributed by atoms with Crippen molar-refractivity contribution in [3.63, 3.8) is 0 Å². The molecule has 0 aliphatic rings. The van der Waals surface area contributed by atoms with Crippen LogP contribution in [0.4, 0.5) is 8.78 Å². The van der Waals surface area contributed by atoms with E-state index < -0.39 is 11.6 Å². The first-order valence-electron chi connectivity index (χ1n) is 7.24. The van der Waals surface area contributed by atoms with Gasteiger partial charge in [-0.15, -0.1) is 0 Å². The molecule has 19 heavy (non-hydrogen) atoms. The molecular weight excluding hydrogens is 244 g/mol. The molecular formula is C16H25F2N. The standard InChI is InChI=1S/C16H25F2N/c1-13(2)7-5-3-4-6-10-19-12-14-8-9-15(17)11-16(14)18/h8-9,11,13,19H,3-7,10,12H2,1-2H3. The molecule has 0 aromatic heterocycles. The van der Waals surface area contributed by atoms with E-state index in [0.29, 0.717) is 12.1 Å². The van der Waals surface area contributed by atoms with Crippen LogP contribution in [0.3, 0.4) is 0 Å². The summed E-state index contributed by atoms with van der Waals surface area (Å²) in [5, 5.41) is 3.20. The van der Waals surface area contributed by atoms with Crippen molar-refractivity contribution in [2.45, 2.75) is 52.5 Å². The highest BCUT2D eigenvalue weighted by atomic mass is 19.1. The predicted molar refractivity (Wildman–Crippen MR) is 76.0 cm³/mol. The average molecular weight is 269 g/mol. The second kappa shape index (κ2) is 9.03. The molecule has 0 saturated heterocycles. The maximum absolute atomic E-state index is 13.3. The van der Waals surface area contributed by atoms with Gasteiger partial charge in [0.2, 0.25) is 0 Å². The maximum Gasteiger partial charge on any atom is 0.130 e. The van der Waals surface area contributed by atoms with Crippen LogP contribution >= 0.6 is 0 Å². The van der Waals surface area contributed by atoms with Crippen LogP contribution in [0.1, 0.15) is 51.5 Å². The van der Waals surface area contributed by atoms with Gasteiger partial charge in [-0.2, -0.15) is 0 Å². The minimum absolute atomic E-state index is 0.468. The van der Waals surface area contributed by atoms with Crippen LogP contribution in [-0.4, -0.2) is 6.54 Å². The lowest BCUT2D eigenvalue weighted by Gasteiger charge is -2.07. The quantitative estimate of drug-likeness (QED) is 0.643. The Hall–Kier alpha value is -0.960. The number of rotatable bonds is 9. The fourth-order valence-corrected chi connectivity index (χ4v) is 2.04. The topological polar surface area (TPSA) is 12.0 Å². The third-order valence-corrected chi connectivity index (χ3v) is 3.22. The van der Waals surface area contributed by atoms with Gasteiger partial charge in [-0.1, -0.05) is 45.6 Å². The molecule has 0 aliphatic carbocycles. The van der Waals surface area contributed by atoms with Crippen LogP contribution in [0.5, 0.6) is 0 Å². The molecule has 1 rings (SSSR count). The lowest BCUT2D eigenvalue weighted by molar-refractivity contribution is 0.509. The minimum atomic E-state index is -0.522. The summed E-state index contributed by atoms with van der Waals surface area (Å²) < 4.78 is 26.0. The fourth-order valence-electron chi connectivity index (χ4n) is 2.04. The summed E-state index contributed by atoms with van der Waals surface area (Å²) in [5.41, 5.74) is 0.529. The number of benzene rings is 1. The van der Waals surface area contributed by atoms with E-state index in [0.717, 1.165) is 24.9 Å². The fraction of sp³-hybridized carbons (Fsp3) is 0.625. The van der Waals surface area contributed by atoms with Crippen molar-refractivity contribution in [2.75, 3.05) is 6.54 Å². The van der Waals surface area contributed by atoms with Crippen molar-refractivity contribution < 1.29 is 8.78 Å². The molecule has 0 heterocycles. The summed E-state index contributed by atoms with van der Waals surface area (Å²) in [4.78, 5) is 0. The first kappa shape index (κ1) is 16.1. The third kappa shape index (κ3) is 7.26. The van der Waals surface area contributed by atoms with Crippen LogP contribution in [0.25, 0.3) is 0 Å². The maximum atomic E-state index is 13.3. The molecule has 0 aliphatic heterocycles. The number of hydrogen-bond donors (Lipinski definition) is 1. The van der Waals surface area contributed by atoms with E-state index >= 15 is 0 Å². The van der Waals surface area contributed by atoms with Gasteiger partial charge in [0.1, 0.15) is 11.6 Å². The Morgan fingerprint density at radius 2 is 1.79 bits per heavy atom. The normalized spacial score (nSPS) is 11.2. The van der Waals surface area contributed by atoms with E-state index in [1.807, 2.05) is 0 Å². The monoisotopic (exact) mass is 269 g/mol. The van der Waals surface area contributed by atoms with Gasteiger partial charge in [-0.3, -0.25) is 0 Å². The first-order valence-corrected chi connectivity index (χ1v) is 7.24. The number of halogens is 2. The highest BCUT2D eigenvalue weighted by Gasteiger charge is 2.02. The van der Waals surface area contributed by atoms with Gasteiger partial charge in [0, 0.05) is 18.2 Å². The van der Waals surface area contributed by atoms with Crippen molar-refractivity contribution in [1.29, 1.82) is 0 Å². The zero-order chi connectivity index (χ0) is 14.1. The Morgan fingerprint density at radius 1 is 1.05 bits per heavy atom. The summed E-state index contributed by atoms with van der Waals surface area (Å²) in [5.74, 6) is -0.199. The SMILES string of the molecule is CC(C)CCCCCCNCc1ccc(F)cc1F. The zero-order valence-corrected chi connectivity index (χ0v) is 12.0. The first-order chi connectivity index (χ1) is 9.09. The molecule has 1 aromatic rings. The molecule has 0 bridgehead atoms. The van der Waals surface area contributed by atoms with Crippen LogP contribution in [0, 0.1) is 17.6 Å². The molecule has 0 saturated carbocycles. The van der Waals surface area contributed by atoms with Crippen LogP contribution < -0.4 is 5.32 Å². The van der Waals surface area contributed by atoms with Crippen LogP contribution in [-0.2, 0) is 6.54 Å². The van der Waals surface area contributed by atoms with E-state index in [9.17, 15) is 8.78 Å². The van der Waals surface area contributed by atoms with E-state index in [4.69, 9.17) is 0 Å². The molecule has 1 N–H and O–H groups in total. The average Bonchev–Trinajstić information content (AvgIpc) is 2.34. The van der Waals surface area contributed by atoms with Gasteiger partial charge < -0.3 is 5.32 Å². The molecule has 108 valence electrons. The highest BCUT2D eigenvalue weighted by Crippen LogP contribution is 2.10. The Bertz CT molecular complexity index is 364. The number of unbranched alkanes of at least 4 members (excludes halogenated alkanes) is 3. The second-order valence-corrected chi connectivity index (χ2v) is 5.51. The van der Waals surface area contributed by atoms with Crippen molar-refractivity contribution in [2.24, 2.45) is 5.92 Å². The Morgan fingerprint density at radius 3 is 2.47 bits per heavy atom. The van der Waals surface area contributed by atoms with E-state index in [-0.39, 0.29) is 0 Å². The predicted octanol–water partition coefficient (Wildman–Crippen LogP) is 4.66. The largest absolute Gasteiger partial charge is 0.313 e. The Balaban J connectivity index is 2.04. The van der Waals surface area contributed by atoms with Crippen molar-refractivity contribution in [3.8, 4) is 0 Å². The molecule has 0 spiro atoms. The molecule has 0 atom stereocenters. The molecule has 1 aromatic carbocycles. The molecule has 0 fully saturated rings. The lowest BCUT2D eigenvalue weighted by atomic mass is 10.0. The van der Waals surface area contributed by atoms with Crippen LogP contribution in [0.2, 0.25) is 0 Å². The van der Waals surface area contributed by atoms with E-state index in [1.54, 1.807) is 0 Å². The molecule has 1 nitrogen and oxygen atoms in total. The Kier molecular flexibility index (Phi) is 7.65. The number of nitrogens with one attached hydrogen (secondary N) is 1. The van der Waals surface area contributed by atoms with Gasteiger partial charge in [0.05, 0.1) is 0 Å². The van der Waals surface area contributed by atoms with Gasteiger partial charge in [-0.25, -0.2) is 8.78 Å². The zero-order valence-electron chi connectivity index (χ0n) is 12.0. The van der Waals surface area contributed by atoms with Crippen LogP contribution in [0.15, 0.2) is 18.2 Å². The smallest absolute Gasteiger partial charge is 0.130 e. The van der Waals surface area contributed by atoms with Gasteiger partial charge in [0.15, 0.2) is 0 Å². The molecule has 0 unspecified atom stereocenters. The van der Waals surface area contributed by atoms with Gasteiger partial charge >= 0.3 is 0 Å². The Labute approximate surface area is 115 Å². The number of hydrogen-bond acceptors (Lipinski definition) is 1. The van der Waals surface area contributed by atoms with E-state index in [1.165, 1.54) is 37.8 Å². The summed E-state index contributed by atoms with van der Waals surface area (Å²) in [7, 11) is 0. The second-order valence-electron chi connectivity index (χ2n) is 5.51. The van der Waals surface area contributed by atoms with Crippen molar-refractivity contribution in [3.05, 3.63) is 35.4 Å². The molecule has 3 heteroatoms. The summed E-state index contributed by atoms with van der Waals surface area (Å²) >= 11 is 0. The van der Waals surface area contributed by atoms with Gasteiger partial charge in [-0.05, 0) is 24.9 Å². The third-order valence-electron chi connectivity index (χ3n) is 3.22. The van der Waals surface area contributed by atoms with Gasteiger partial charge in [0.25, 0.3) is 0 Å². The lowest BCUT2D eigenvalue weighted by Crippen LogP contribution is -2.15. The van der Waals surface area contributed by atoms with Crippen molar-refractivity contribution in [1.82, 2.24) is 5.32 Å². The summed E-state index contributed by atoms with van der Waals surface area (Å²) in [6.45, 7) is 5.86. The highest BCUT2D eigenvalue weighted by molar-refractivity contribution is 5.18. The van der Waals surface area contributed by atoms with E-state index in [2.05, 4.69) is 19.2 Å².